The molecule has 21 heavy (non-hydrogen) atoms. The molecule has 3 N–H and O–H groups in total. The Morgan fingerprint density at radius 3 is 2.43 bits per heavy atom. The van der Waals surface area contributed by atoms with Crippen LogP contribution in [0.15, 0.2) is 24.3 Å². The molecule has 0 radical (unpaired) electrons. The highest BCUT2D eigenvalue weighted by Crippen LogP contribution is 2.36. The fourth-order valence-corrected chi connectivity index (χ4v) is 3.08. The Labute approximate surface area is 127 Å². The lowest BCUT2D eigenvalue weighted by Gasteiger charge is -2.35. The number of carbonyl (C=O) groups excluding carboxylic acids is 1. The van der Waals surface area contributed by atoms with E-state index in [1.165, 1.54) is 6.42 Å². The molecule has 1 amide bonds. The van der Waals surface area contributed by atoms with Gasteiger partial charge in [-0.3, -0.25) is 4.79 Å². The molecule has 1 aliphatic carbocycles. The van der Waals surface area contributed by atoms with E-state index < -0.39 is 0 Å². The summed E-state index contributed by atoms with van der Waals surface area (Å²) >= 11 is 0. The number of hydrogen-bond acceptors (Lipinski definition) is 3. The molecule has 4 heteroatoms. The van der Waals surface area contributed by atoms with Crippen molar-refractivity contribution in [1.29, 1.82) is 0 Å². The summed E-state index contributed by atoms with van der Waals surface area (Å²) in [6, 6.07) is 7.78. The normalized spacial score (nSPS) is 18.8. The van der Waals surface area contributed by atoms with Crippen molar-refractivity contribution in [2.24, 2.45) is 11.1 Å². The molecule has 1 aliphatic rings. The first-order valence-electron chi connectivity index (χ1n) is 7.76. The molecule has 0 spiro atoms. The van der Waals surface area contributed by atoms with Crippen LogP contribution in [0.3, 0.4) is 0 Å². The maximum atomic E-state index is 12.6. The van der Waals surface area contributed by atoms with Gasteiger partial charge < -0.3 is 15.8 Å². The van der Waals surface area contributed by atoms with Gasteiger partial charge in [-0.1, -0.05) is 31.4 Å². The highest BCUT2D eigenvalue weighted by molar-refractivity contribution is 5.83. The van der Waals surface area contributed by atoms with Crippen molar-refractivity contribution in [3.05, 3.63) is 29.8 Å². The molecule has 116 valence electrons. The van der Waals surface area contributed by atoms with E-state index >= 15 is 0 Å². The van der Waals surface area contributed by atoms with Crippen LogP contribution in [0, 0.1) is 5.41 Å². The van der Waals surface area contributed by atoms with Gasteiger partial charge in [0.15, 0.2) is 0 Å². The van der Waals surface area contributed by atoms with Gasteiger partial charge in [0.2, 0.25) is 5.91 Å². The van der Waals surface area contributed by atoms with Gasteiger partial charge in [-0.25, -0.2) is 0 Å². The van der Waals surface area contributed by atoms with E-state index in [4.69, 9.17) is 10.5 Å². The van der Waals surface area contributed by atoms with Crippen molar-refractivity contribution in [3.63, 3.8) is 0 Å². The van der Waals surface area contributed by atoms with Crippen LogP contribution in [-0.4, -0.2) is 19.6 Å². The second kappa shape index (κ2) is 6.94. The van der Waals surface area contributed by atoms with Gasteiger partial charge in [-0.15, -0.1) is 0 Å². The molecule has 1 aromatic carbocycles. The predicted molar refractivity (Wildman–Crippen MR) is 84.1 cm³/mol. The molecule has 1 aromatic rings. The molecular weight excluding hydrogens is 264 g/mol. The molecule has 1 saturated carbocycles. The second-order valence-corrected chi connectivity index (χ2v) is 6.01. The maximum absolute atomic E-state index is 12.6. The Morgan fingerprint density at radius 2 is 1.90 bits per heavy atom. The zero-order valence-electron chi connectivity index (χ0n) is 13.0. The van der Waals surface area contributed by atoms with Gasteiger partial charge >= 0.3 is 0 Å². The van der Waals surface area contributed by atoms with Gasteiger partial charge in [0.25, 0.3) is 0 Å². The monoisotopic (exact) mass is 290 g/mol. The zero-order valence-corrected chi connectivity index (χ0v) is 13.0. The summed E-state index contributed by atoms with van der Waals surface area (Å²) in [5.41, 5.74) is 6.63. The Balaban J connectivity index is 2.03. The lowest BCUT2D eigenvalue weighted by molar-refractivity contribution is -0.133. The quantitative estimate of drug-likeness (QED) is 0.876. The number of amides is 1. The smallest absolute Gasteiger partial charge is 0.227 e. The van der Waals surface area contributed by atoms with E-state index in [-0.39, 0.29) is 17.4 Å². The van der Waals surface area contributed by atoms with Crippen LogP contribution in [-0.2, 0) is 4.79 Å². The molecule has 1 fully saturated rings. The average Bonchev–Trinajstić information content (AvgIpc) is 2.55. The van der Waals surface area contributed by atoms with Crippen molar-refractivity contribution in [2.45, 2.75) is 45.1 Å². The maximum Gasteiger partial charge on any atom is 0.227 e. The van der Waals surface area contributed by atoms with Gasteiger partial charge in [0.1, 0.15) is 5.75 Å². The number of nitrogens with one attached hydrogen (secondary N) is 1. The largest absolute Gasteiger partial charge is 0.497 e. The summed E-state index contributed by atoms with van der Waals surface area (Å²) in [5, 5.41) is 3.14. The van der Waals surface area contributed by atoms with E-state index in [1.807, 2.05) is 31.2 Å². The number of benzene rings is 1. The average molecular weight is 290 g/mol. The fourth-order valence-electron chi connectivity index (χ4n) is 3.08. The summed E-state index contributed by atoms with van der Waals surface area (Å²) in [6.07, 6.45) is 5.22. The summed E-state index contributed by atoms with van der Waals surface area (Å²) in [5.74, 6) is 0.927. The zero-order chi connectivity index (χ0) is 15.3. The molecule has 0 bridgehead atoms. The fraction of sp³-hybridized carbons (Fsp3) is 0.588. The lowest BCUT2D eigenvalue weighted by Crippen LogP contribution is -2.47. The Hall–Kier alpha value is -1.55. The SMILES string of the molecule is COc1ccc([C@@H](C)NC(=O)C2(CN)CCCCC2)cc1. The summed E-state index contributed by atoms with van der Waals surface area (Å²) < 4.78 is 5.15. The first kappa shape index (κ1) is 15.8. The number of rotatable bonds is 5. The second-order valence-electron chi connectivity index (χ2n) is 6.01. The minimum absolute atomic E-state index is 0.0197. The third-order valence-electron chi connectivity index (χ3n) is 4.65. The van der Waals surface area contributed by atoms with Crippen LogP contribution >= 0.6 is 0 Å². The van der Waals surface area contributed by atoms with E-state index in [1.54, 1.807) is 7.11 Å². The molecule has 4 nitrogen and oxygen atoms in total. The number of nitrogens with two attached hydrogens (primary N) is 1. The molecule has 1 atom stereocenters. The van der Waals surface area contributed by atoms with E-state index in [0.717, 1.165) is 37.0 Å². The molecule has 2 rings (SSSR count). The Bertz CT molecular complexity index is 464. The molecule has 0 heterocycles. The highest BCUT2D eigenvalue weighted by Gasteiger charge is 2.38. The van der Waals surface area contributed by atoms with Crippen LogP contribution < -0.4 is 15.8 Å². The Kier molecular flexibility index (Phi) is 5.23. The first-order valence-corrected chi connectivity index (χ1v) is 7.76. The van der Waals surface area contributed by atoms with Gasteiger partial charge in [0.05, 0.1) is 18.6 Å². The Morgan fingerprint density at radius 1 is 1.29 bits per heavy atom. The standard InChI is InChI=1S/C17H26N2O2/c1-13(14-6-8-15(21-2)9-7-14)19-16(20)17(12-18)10-4-3-5-11-17/h6-9,13H,3-5,10-12,18H2,1-2H3,(H,19,20)/t13-/m1/s1. The highest BCUT2D eigenvalue weighted by atomic mass is 16.5. The molecule has 0 saturated heterocycles. The van der Waals surface area contributed by atoms with E-state index in [9.17, 15) is 4.79 Å². The van der Waals surface area contributed by atoms with Crippen molar-refractivity contribution in [3.8, 4) is 5.75 Å². The summed E-state index contributed by atoms with van der Waals surface area (Å²) in [6.45, 7) is 2.45. The van der Waals surface area contributed by atoms with E-state index in [0.29, 0.717) is 6.54 Å². The minimum atomic E-state index is -0.362. The minimum Gasteiger partial charge on any atom is -0.497 e. The summed E-state index contributed by atoms with van der Waals surface area (Å²) in [7, 11) is 1.65. The third-order valence-corrected chi connectivity index (χ3v) is 4.65. The molecular formula is C17H26N2O2. The molecule has 0 aliphatic heterocycles. The van der Waals surface area contributed by atoms with Gasteiger partial charge in [-0.2, -0.15) is 0 Å². The van der Waals surface area contributed by atoms with Crippen molar-refractivity contribution >= 4 is 5.91 Å². The lowest BCUT2D eigenvalue weighted by atomic mass is 9.73. The van der Waals surface area contributed by atoms with E-state index in [2.05, 4.69) is 5.32 Å². The van der Waals surface area contributed by atoms with Crippen LogP contribution in [0.4, 0.5) is 0 Å². The number of methoxy groups -OCH3 is 1. The number of hydrogen-bond donors (Lipinski definition) is 2. The number of ether oxygens (including phenoxy) is 1. The van der Waals surface area contributed by atoms with Crippen molar-refractivity contribution in [2.75, 3.05) is 13.7 Å². The number of carbonyl (C=O) groups is 1. The summed E-state index contributed by atoms with van der Waals surface area (Å²) in [4.78, 5) is 12.6. The van der Waals surface area contributed by atoms with Crippen LogP contribution in [0.1, 0.15) is 50.6 Å². The first-order chi connectivity index (χ1) is 10.1. The van der Waals surface area contributed by atoms with Crippen molar-refractivity contribution < 1.29 is 9.53 Å². The predicted octanol–water partition coefficient (Wildman–Crippen LogP) is 2.78. The van der Waals surface area contributed by atoms with Crippen molar-refractivity contribution in [1.82, 2.24) is 5.32 Å². The van der Waals surface area contributed by atoms with Gasteiger partial charge in [0, 0.05) is 6.54 Å². The van der Waals surface area contributed by atoms with Crippen LogP contribution in [0.5, 0.6) is 5.75 Å². The van der Waals surface area contributed by atoms with Gasteiger partial charge in [-0.05, 0) is 37.5 Å². The van der Waals surface area contributed by atoms with Crippen LogP contribution in [0.25, 0.3) is 0 Å². The van der Waals surface area contributed by atoms with Crippen LogP contribution in [0.2, 0.25) is 0 Å². The third kappa shape index (κ3) is 3.56. The topological polar surface area (TPSA) is 64.3 Å². The molecule has 0 unspecified atom stereocenters. The molecule has 0 aromatic heterocycles.